The number of nitro groups is 2. The second-order valence-corrected chi connectivity index (χ2v) is 7.83. The first-order chi connectivity index (χ1) is 15.5. The van der Waals surface area contributed by atoms with Crippen LogP contribution in [0.3, 0.4) is 0 Å². The Morgan fingerprint density at radius 2 is 1.47 bits per heavy atom. The molecule has 5 rings (SSSR count). The highest BCUT2D eigenvalue weighted by atomic mass is 35.5. The molecule has 3 N–H and O–H groups in total. The Morgan fingerprint density at radius 1 is 0.906 bits per heavy atom. The summed E-state index contributed by atoms with van der Waals surface area (Å²) >= 11 is 5.78. The average Bonchev–Trinajstić information content (AvgIpc) is 3.45. The van der Waals surface area contributed by atoms with E-state index in [4.69, 9.17) is 11.6 Å². The third-order valence-electron chi connectivity index (χ3n) is 5.42. The fraction of sp³-hybridized carbons (Fsp3) is 0.300. The minimum Gasteiger partial charge on any atom is -0.376 e. The molecule has 0 aliphatic heterocycles. The summed E-state index contributed by atoms with van der Waals surface area (Å²) in [6.45, 7) is 0. The Hall–Kier alpha value is -3.73. The SMILES string of the molecule is O=[N+]([O-])c1cnc2[nH]ccc2c1Cl.O=[N+]([O-])c1cnc2[nH]ccc2c1NC1CCCCC1. The Balaban J connectivity index is 0.000000165. The highest BCUT2D eigenvalue weighted by Crippen LogP contribution is 2.33. The minimum atomic E-state index is -0.554. The van der Waals surface area contributed by atoms with Crippen molar-refractivity contribution in [3.8, 4) is 0 Å². The first kappa shape index (κ1) is 21.5. The van der Waals surface area contributed by atoms with Crippen LogP contribution >= 0.6 is 11.6 Å². The third kappa shape index (κ3) is 4.33. The number of hydrogen-bond donors (Lipinski definition) is 3. The van der Waals surface area contributed by atoms with Gasteiger partial charge >= 0.3 is 11.4 Å². The van der Waals surface area contributed by atoms with E-state index in [1.165, 1.54) is 25.5 Å². The van der Waals surface area contributed by atoms with Crippen LogP contribution in [0.5, 0.6) is 0 Å². The summed E-state index contributed by atoms with van der Waals surface area (Å²) in [4.78, 5) is 34.4. The lowest BCUT2D eigenvalue weighted by Gasteiger charge is -2.23. The van der Waals surface area contributed by atoms with Gasteiger partial charge in [-0.1, -0.05) is 30.9 Å². The van der Waals surface area contributed by atoms with Gasteiger partial charge in [-0.25, -0.2) is 9.97 Å². The van der Waals surface area contributed by atoms with Crippen molar-refractivity contribution in [2.24, 2.45) is 0 Å². The van der Waals surface area contributed by atoms with Gasteiger partial charge in [0.1, 0.15) is 34.4 Å². The van der Waals surface area contributed by atoms with Crippen molar-refractivity contribution in [2.75, 3.05) is 5.32 Å². The Labute approximate surface area is 186 Å². The molecule has 1 aliphatic rings. The number of H-pyrrole nitrogens is 2. The van der Waals surface area contributed by atoms with Crippen LogP contribution in [-0.2, 0) is 0 Å². The molecule has 0 amide bonds. The number of halogens is 1. The quantitative estimate of drug-likeness (QED) is 0.275. The molecule has 1 aliphatic carbocycles. The predicted molar refractivity (Wildman–Crippen MR) is 121 cm³/mol. The van der Waals surface area contributed by atoms with Crippen molar-refractivity contribution in [3.05, 3.63) is 62.2 Å². The lowest BCUT2D eigenvalue weighted by Crippen LogP contribution is -2.22. The third-order valence-corrected chi connectivity index (χ3v) is 5.81. The molecule has 0 radical (unpaired) electrons. The molecule has 0 saturated heterocycles. The molecular formula is C20H20ClN7O4. The van der Waals surface area contributed by atoms with E-state index in [1.54, 1.807) is 18.5 Å². The van der Waals surface area contributed by atoms with Crippen LogP contribution in [0, 0.1) is 20.2 Å². The van der Waals surface area contributed by atoms with Crippen LogP contribution in [-0.4, -0.2) is 35.8 Å². The monoisotopic (exact) mass is 457 g/mol. The molecule has 11 nitrogen and oxygen atoms in total. The van der Waals surface area contributed by atoms with E-state index in [1.807, 2.05) is 6.07 Å². The first-order valence-corrected chi connectivity index (χ1v) is 10.5. The highest BCUT2D eigenvalue weighted by molar-refractivity contribution is 6.37. The molecule has 12 heteroatoms. The standard InChI is InChI=1S/C13H16N4O2.C7H4ClN3O2/c18-17(19)11-8-15-13-10(6-7-14-13)12(11)16-9-4-2-1-3-5-9;8-6-4-1-2-9-7(4)10-3-5(6)11(12)13/h6-9H,1-5H2,(H2,14,15,16);1-3H,(H,9,10). The molecule has 4 aromatic rings. The van der Waals surface area contributed by atoms with E-state index < -0.39 is 4.92 Å². The van der Waals surface area contributed by atoms with Gasteiger partial charge in [0.15, 0.2) is 0 Å². The summed E-state index contributed by atoms with van der Waals surface area (Å²) in [6.07, 6.45) is 11.6. The van der Waals surface area contributed by atoms with E-state index in [9.17, 15) is 20.2 Å². The molecule has 0 aromatic carbocycles. The number of nitrogens with one attached hydrogen (secondary N) is 3. The molecule has 0 spiro atoms. The number of pyridine rings is 2. The molecule has 166 valence electrons. The summed E-state index contributed by atoms with van der Waals surface area (Å²) in [5, 5.41) is 26.4. The second kappa shape index (κ2) is 9.18. The zero-order valence-corrected chi connectivity index (χ0v) is 17.6. The van der Waals surface area contributed by atoms with Gasteiger partial charge in [-0.05, 0) is 25.0 Å². The predicted octanol–water partition coefficient (Wildman–Crippen LogP) is 5.34. The Kier molecular flexibility index (Phi) is 6.17. The molecule has 0 atom stereocenters. The summed E-state index contributed by atoms with van der Waals surface area (Å²) in [5.74, 6) is 0. The number of hydrogen-bond acceptors (Lipinski definition) is 7. The number of fused-ring (bicyclic) bond motifs is 2. The minimum absolute atomic E-state index is 0.0534. The maximum Gasteiger partial charge on any atom is 0.311 e. The normalized spacial score (nSPS) is 14.2. The molecule has 32 heavy (non-hydrogen) atoms. The number of anilines is 1. The van der Waals surface area contributed by atoms with Crippen molar-refractivity contribution in [1.82, 2.24) is 19.9 Å². The van der Waals surface area contributed by atoms with Crippen molar-refractivity contribution in [2.45, 2.75) is 38.1 Å². The molecule has 1 saturated carbocycles. The number of rotatable bonds is 4. The summed E-state index contributed by atoms with van der Waals surface area (Å²) in [6, 6.07) is 3.81. The largest absolute Gasteiger partial charge is 0.376 e. The number of aromatic amines is 2. The summed E-state index contributed by atoms with van der Waals surface area (Å²) in [7, 11) is 0. The average molecular weight is 458 g/mol. The van der Waals surface area contributed by atoms with Crippen LogP contribution in [0.1, 0.15) is 32.1 Å². The molecule has 4 aromatic heterocycles. The van der Waals surface area contributed by atoms with Crippen LogP contribution < -0.4 is 5.32 Å². The van der Waals surface area contributed by atoms with Crippen molar-refractivity contribution >= 4 is 50.7 Å². The fourth-order valence-electron chi connectivity index (χ4n) is 3.83. The van der Waals surface area contributed by atoms with Crippen molar-refractivity contribution in [3.63, 3.8) is 0 Å². The zero-order chi connectivity index (χ0) is 22.7. The molecule has 0 bridgehead atoms. The van der Waals surface area contributed by atoms with E-state index in [0.717, 1.165) is 24.4 Å². The lowest BCUT2D eigenvalue weighted by molar-refractivity contribution is -0.384. The number of aromatic nitrogens is 4. The summed E-state index contributed by atoms with van der Waals surface area (Å²) in [5.41, 5.74) is 1.72. The first-order valence-electron chi connectivity index (χ1n) is 10.1. The van der Waals surface area contributed by atoms with Crippen LogP contribution in [0.25, 0.3) is 22.1 Å². The van der Waals surface area contributed by atoms with Crippen LogP contribution in [0.4, 0.5) is 17.1 Å². The number of nitrogens with zero attached hydrogens (tertiary/aromatic N) is 4. The van der Waals surface area contributed by atoms with E-state index >= 15 is 0 Å². The Bertz CT molecular complexity index is 1280. The molecule has 4 heterocycles. The van der Waals surface area contributed by atoms with E-state index in [-0.39, 0.29) is 21.3 Å². The van der Waals surface area contributed by atoms with Crippen molar-refractivity contribution in [1.29, 1.82) is 0 Å². The van der Waals surface area contributed by atoms with E-state index in [2.05, 4.69) is 25.3 Å². The van der Waals surface area contributed by atoms with Crippen LogP contribution in [0.2, 0.25) is 5.02 Å². The van der Waals surface area contributed by atoms with Gasteiger partial charge in [0.05, 0.1) is 9.85 Å². The van der Waals surface area contributed by atoms with E-state index in [0.29, 0.717) is 28.4 Å². The van der Waals surface area contributed by atoms with Gasteiger partial charge in [0.2, 0.25) is 0 Å². The summed E-state index contributed by atoms with van der Waals surface area (Å²) < 4.78 is 0. The van der Waals surface area contributed by atoms with Gasteiger partial charge in [-0.15, -0.1) is 0 Å². The van der Waals surface area contributed by atoms with Gasteiger partial charge in [-0.2, -0.15) is 0 Å². The fourth-order valence-corrected chi connectivity index (χ4v) is 4.10. The molecular weight excluding hydrogens is 438 g/mol. The lowest BCUT2D eigenvalue weighted by atomic mass is 9.95. The van der Waals surface area contributed by atoms with Gasteiger partial charge < -0.3 is 15.3 Å². The zero-order valence-electron chi connectivity index (χ0n) is 16.9. The van der Waals surface area contributed by atoms with Crippen LogP contribution in [0.15, 0.2) is 36.9 Å². The maximum absolute atomic E-state index is 11.1. The second-order valence-electron chi connectivity index (χ2n) is 7.45. The van der Waals surface area contributed by atoms with Gasteiger partial charge in [0, 0.05) is 29.2 Å². The van der Waals surface area contributed by atoms with Gasteiger partial charge in [-0.3, -0.25) is 20.2 Å². The molecule has 1 fully saturated rings. The highest BCUT2D eigenvalue weighted by Gasteiger charge is 2.22. The topological polar surface area (TPSA) is 156 Å². The Morgan fingerprint density at radius 3 is 2.09 bits per heavy atom. The maximum atomic E-state index is 11.1. The molecule has 0 unspecified atom stereocenters. The van der Waals surface area contributed by atoms with Gasteiger partial charge in [0.25, 0.3) is 0 Å². The van der Waals surface area contributed by atoms with Crippen molar-refractivity contribution < 1.29 is 9.85 Å². The smallest absolute Gasteiger partial charge is 0.311 e.